The Morgan fingerprint density at radius 3 is 2.76 bits per heavy atom. The number of aromatic nitrogens is 2. The highest BCUT2D eigenvalue weighted by molar-refractivity contribution is 5.96. The first-order valence-corrected chi connectivity index (χ1v) is 4.96. The molecule has 0 saturated carbocycles. The van der Waals surface area contributed by atoms with Gasteiger partial charge in [-0.15, -0.1) is 0 Å². The van der Waals surface area contributed by atoms with Gasteiger partial charge >= 0.3 is 5.97 Å². The van der Waals surface area contributed by atoms with Gasteiger partial charge in [0.1, 0.15) is 12.1 Å². The molecule has 0 saturated heterocycles. The van der Waals surface area contributed by atoms with E-state index in [-0.39, 0.29) is 12.5 Å². The minimum absolute atomic E-state index is 0.246. The number of carbonyl (C=O) groups excluding carboxylic acids is 1. The summed E-state index contributed by atoms with van der Waals surface area (Å²) in [6.07, 6.45) is 2.82. The third-order valence-corrected chi connectivity index (χ3v) is 2.25. The highest BCUT2D eigenvalue weighted by atomic mass is 16.5. The molecule has 0 aliphatic heterocycles. The third-order valence-electron chi connectivity index (χ3n) is 2.25. The van der Waals surface area contributed by atoms with Crippen LogP contribution in [0, 0.1) is 0 Å². The molecule has 0 spiro atoms. The molecule has 0 bridgehead atoms. The Morgan fingerprint density at radius 1 is 1.59 bits per heavy atom. The number of amides is 1. The van der Waals surface area contributed by atoms with Crippen LogP contribution in [0.3, 0.4) is 0 Å². The standard InChI is InChI=1S/C10H15N3O4/c1-10(2,17-3)9(16)12-7-4-11-13(5-7)6-8(14)15/h4-5H,6H2,1-3H3,(H,12,16)(H,14,15). The van der Waals surface area contributed by atoms with Crippen molar-refractivity contribution >= 4 is 17.6 Å². The van der Waals surface area contributed by atoms with Gasteiger partial charge in [0.05, 0.1) is 11.9 Å². The molecular weight excluding hydrogens is 226 g/mol. The number of anilines is 1. The molecule has 1 aromatic heterocycles. The zero-order valence-electron chi connectivity index (χ0n) is 9.93. The minimum atomic E-state index is -0.997. The average molecular weight is 241 g/mol. The maximum absolute atomic E-state index is 11.7. The van der Waals surface area contributed by atoms with Crippen molar-refractivity contribution in [3.8, 4) is 0 Å². The summed E-state index contributed by atoms with van der Waals surface area (Å²) in [5, 5.41) is 14.9. The summed E-state index contributed by atoms with van der Waals surface area (Å²) >= 11 is 0. The Morgan fingerprint density at radius 2 is 2.24 bits per heavy atom. The Labute approximate surface area is 98.4 Å². The lowest BCUT2D eigenvalue weighted by molar-refractivity contribution is -0.138. The highest BCUT2D eigenvalue weighted by Crippen LogP contribution is 2.12. The third kappa shape index (κ3) is 3.56. The summed E-state index contributed by atoms with van der Waals surface area (Å²) in [7, 11) is 1.44. The van der Waals surface area contributed by atoms with Crippen LogP contribution < -0.4 is 5.32 Å². The molecular formula is C10H15N3O4. The molecule has 1 amide bonds. The van der Waals surface area contributed by atoms with Crippen LogP contribution in [-0.4, -0.2) is 39.5 Å². The Hall–Kier alpha value is -1.89. The van der Waals surface area contributed by atoms with Gasteiger partial charge < -0.3 is 15.2 Å². The molecule has 0 radical (unpaired) electrons. The fraction of sp³-hybridized carbons (Fsp3) is 0.500. The fourth-order valence-electron chi connectivity index (χ4n) is 1.03. The van der Waals surface area contributed by atoms with E-state index in [0.29, 0.717) is 5.69 Å². The second kappa shape index (κ2) is 4.96. The van der Waals surface area contributed by atoms with E-state index in [1.165, 1.54) is 24.2 Å². The van der Waals surface area contributed by atoms with Crippen molar-refractivity contribution in [3.63, 3.8) is 0 Å². The predicted molar refractivity (Wildman–Crippen MR) is 59.6 cm³/mol. The SMILES string of the molecule is COC(C)(C)C(=O)Nc1cnn(CC(=O)O)c1. The molecule has 2 N–H and O–H groups in total. The lowest BCUT2D eigenvalue weighted by Crippen LogP contribution is -2.38. The van der Waals surface area contributed by atoms with Crippen LogP contribution in [0.1, 0.15) is 13.8 Å². The van der Waals surface area contributed by atoms with Crippen LogP contribution in [0.25, 0.3) is 0 Å². The Balaban J connectivity index is 2.67. The molecule has 1 aromatic rings. The van der Waals surface area contributed by atoms with E-state index in [1.54, 1.807) is 13.8 Å². The van der Waals surface area contributed by atoms with E-state index in [0.717, 1.165) is 0 Å². The number of hydrogen-bond acceptors (Lipinski definition) is 4. The zero-order valence-corrected chi connectivity index (χ0v) is 9.93. The normalized spacial score (nSPS) is 11.2. The van der Waals surface area contributed by atoms with Gasteiger partial charge in [0.25, 0.3) is 5.91 Å². The average Bonchev–Trinajstić information content (AvgIpc) is 2.64. The largest absolute Gasteiger partial charge is 0.480 e. The molecule has 7 heteroatoms. The van der Waals surface area contributed by atoms with E-state index >= 15 is 0 Å². The van der Waals surface area contributed by atoms with E-state index in [4.69, 9.17) is 9.84 Å². The molecule has 7 nitrogen and oxygen atoms in total. The van der Waals surface area contributed by atoms with Crippen LogP contribution >= 0.6 is 0 Å². The summed E-state index contributed by atoms with van der Waals surface area (Å²) in [6.45, 7) is 3.01. The van der Waals surface area contributed by atoms with Gasteiger partial charge in [0, 0.05) is 13.3 Å². The number of nitrogens with one attached hydrogen (secondary N) is 1. The summed E-state index contributed by atoms with van der Waals surface area (Å²) in [5.74, 6) is -1.32. The molecule has 94 valence electrons. The van der Waals surface area contributed by atoms with Crippen molar-refractivity contribution in [1.29, 1.82) is 0 Å². The first-order chi connectivity index (χ1) is 7.85. The van der Waals surface area contributed by atoms with Crippen molar-refractivity contribution in [2.75, 3.05) is 12.4 Å². The number of rotatable bonds is 5. The van der Waals surface area contributed by atoms with E-state index in [1.807, 2.05) is 0 Å². The number of aliphatic carboxylic acids is 1. The topological polar surface area (TPSA) is 93.5 Å². The summed E-state index contributed by atoms with van der Waals surface area (Å²) in [4.78, 5) is 22.1. The van der Waals surface area contributed by atoms with Crippen molar-refractivity contribution in [2.24, 2.45) is 0 Å². The molecule has 0 atom stereocenters. The molecule has 1 heterocycles. The van der Waals surface area contributed by atoms with E-state index < -0.39 is 11.6 Å². The number of carboxylic acids is 1. The smallest absolute Gasteiger partial charge is 0.325 e. The number of nitrogens with zero attached hydrogens (tertiary/aromatic N) is 2. The first-order valence-electron chi connectivity index (χ1n) is 4.96. The number of carbonyl (C=O) groups is 2. The van der Waals surface area contributed by atoms with Gasteiger partial charge in [-0.1, -0.05) is 0 Å². The monoisotopic (exact) mass is 241 g/mol. The van der Waals surface area contributed by atoms with Crippen LogP contribution in [0.2, 0.25) is 0 Å². The second-order valence-corrected chi connectivity index (χ2v) is 3.99. The van der Waals surface area contributed by atoms with E-state index in [9.17, 15) is 9.59 Å². The Kier molecular flexibility index (Phi) is 3.84. The van der Waals surface area contributed by atoms with Crippen molar-refractivity contribution < 1.29 is 19.4 Å². The maximum Gasteiger partial charge on any atom is 0.325 e. The lowest BCUT2D eigenvalue weighted by atomic mass is 10.1. The lowest BCUT2D eigenvalue weighted by Gasteiger charge is -2.20. The van der Waals surface area contributed by atoms with Crippen LogP contribution in [0.4, 0.5) is 5.69 Å². The Bertz CT molecular complexity index is 425. The number of carboxylic acid groups (broad SMARTS) is 1. The minimum Gasteiger partial charge on any atom is -0.480 e. The molecule has 0 aromatic carbocycles. The van der Waals surface area contributed by atoms with Gasteiger partial charge in [-0.3, -0.25) is 14.3 Å². The first kappa shape index (κ1) is 13.2. The zero-order chi connectivity index (χ0) is 13.1. The molecule has 1 rings (SSSR count). The molecule has 0 fully saturated rings. The maximum atomic E-state index is 11.7. The number of hydrogen-bond donors (Lipinski definition) is 2. The van der Waals surface area contributed by atoms with Crippen molar-refractivity contribution in [1.82, 2.24) is 9.78 Å². The van der Waals surface area contributed by atoms with Crippen molar-refractivity contribution in [3.05, 3.63) is 12.4 Å². The molecule has 0 aliphatic rings. The van der Waals surface area contributed by atoms with Gasteiger partial charge in [-0.2, -0.15) is 5.10 Å². The highest BCUT2D eigenvalue weighted by Gasteiger charge is 2.27. The van der Waals surface area contributed by atoms with Gasteiger partial charge in [0.2, 0.25) is 0 Å². The molecule has 0 aliphatic carbocycles. The summed E-state index contributed by atoms with van der Waals surface area (Å²) in [6, 6.07) is 0. The van der Waals surface area contributed by atoms with E-state index in [2.05, 4.69) is 10.4 Å². The van der Waals surface area contributed by atoms with Gasteiger partial charge in [-0.05, 0) is 13.8 Å². The fourth-order valence-corrected chi connectivity index (χ4v) is 1.03. The van der Waals surface area contributed by atoms with Gasteiger partial charge in [-0.25, -0.2) is 0 Å². The molecule has 17 heavy (non-hydrogen) atoms. The van der Waals surface area contributed by atoms with Crippen LogP contribution in [0.15, 0.2) is 12.4 Å². The van der Waals surface area contributed by atoms with Crippen molar-refractivity contribution in [2.45, 2.75) is 26.0 Å². The van der Waals surface area contributed by atoms with Crippen LogP contribution in [0.5, 0.6) is 0 Å². The summed E-state index contributed by atoms with van der Waals surface area (Å²) in [5.41, 5.74) is -0.518. The number of ether oxygens (including phenoxy) is 1. The quantitative estimate of drug-likeness (QED) is 0.774. The predicted octanol–water partition coefficient (Wildman–Crippen LogP) is 0.331. The van der Waals surface area contributed by atoms with Crippen LogP contribution in [-0.2, 0) is 20.9 Å². The van der Waals surface area contributed by atoms with Gasteiger partial charge in [0.15, 0.2) is 0 Å². The number of methoxy groups -OCH3 is 1. The summed E-state index contributed by atoms with van der Waals surface area (Å²) < 4.78 is 6.23. The second-order valence-electron chi connectivity index (χ2n) is 3.99. The molecule has 0 unspecified atom stereocenters.